The molecule has 1 unspecified atom stereocenters. The van der Waals surface area contributed by atoms with E-state index in [4.69, 9.17) is 5.73 Å². The molecule has 1 atom stereocenters. The fraction of sp³-hybridized carbons (Fsp3) is 0.800. The molecule has 22 heavy (non-hydrogen) atoms. The lowest BCUT2D eigenvalue weighted by molar-refractivity contribution is -0.135. The van der Waals surface area contributed by atoms with Crippen molar-refractivity contribution in [2.24, 2.45) is 11.7 Å². The highest BCUT2D eigenvalue weighted by Gasteiger charge is 2.52. The molecular formula is C15H26N4O3. The van der Waals surface area contributed by atoms with Gasteiger partial charge in [-0.05, 0) is 25.7 Å². The summed E-state index contributed by atoms with van der Waals surface area (Å²) in [6.07, 6.45) is 3.15. The molecule has 2 rings (SSSR count). The molecule has 0 aromatic heterocycles. The summed E-state index contributed by atoms with van der Waals surface area (Å²) in [6.45, 7) is 5.83. The van der Waals surface area contributed by atoms with E-state index in [1.54, 1.807) is 0 Å². The van der Waals surface area contributed by atoms with Crippen LogP contribution >= 0.6 is 0 Å². The molecule has 1 aliphatic heterocycles. The van der Waals surface area contributed by atoms with Crippen molar-refractivity contribution < 1.29 is 14.4 Å². The Balaban J connectivity index is 2.03. The summed E-state index contributed by atoms with van der Waals surface area (Å²) in [5.41, 5.74) is 4.41. The second kappa shape index (κ2) is 5.87. The maximum absolute atomic E-state index is 12.5. The summed E-state index contributed by atoms with van der Waals surface area (Å²) >= 11 is 0. The molecule has 7 heteroatoms. The van der Waals surface area contributed by atoms with E-state index in [-0.39, 0.29) is 24.3 Å². The maximum atomic E-state index is 12.5. The summed E-state index contributed by atoms with van der Waals surface area (Å²) in [6, 6.07) is -0.471. The van der Waals surface area contributed by atoms with Crippen molar-refractivity contribution in [2.75, 3.05) is 13.1 Å². The van der Waals surface area contributed by atoms with Gasteiger partial charge in [0.25, 0.3) is 5.91 Å². The molecule has 1 saturated heterocycles. The van der Waals surface area contributed by atoms with Gasteiger partial charge in [-0.3, -0.25) is 14.5 Å². The van der Waals surface area contributed by atoms with E-state index >= 15 is 0 Å². The van der Waals surface area contributed by atoms with Gasteiger partial charge in [0.2, 0.25) is 5.91 Å². The van der Waals surface area contributed by atoms with Crippen molar-refractivity contribution in [3.63, 3.8) is 0 Å². The fourth-order valence-electron chi connectivity index (χ4n) is 3.07. The zero-order chi connectivity index (χ0) is 16.5. The van der Waals surface area contributed by atoms with Crippen LogP contribution in [0.25, 0.3) is 0 Å². The third-order valence-corrected chi connectivity index (χ3v) is 5.13. The molecule has 0 bridgehead atoms. The number of nitrogens with one attached hydrogen (secondary N) is 2. The van der Waals surface area contributed by atoms with Crippen LogP contribution in [0.1, 0.15) is 46.5 Å². The Morgan fingerprint density at radius 3 is 2.50 bits per heavy atom. The lowest BCUT2D eigenvalue weighted by atomic mass is 9.88. The van der Waals surface area contributed by atoms with Crippen LogP contribution in [0.5, 0.6) is 0 Å². The highest BCUT2D eigenvalue weighted by molar-refractivity contribution is 6.09. The molecule has 4 N–H and O–H groups in total. The largest absolute Gasteiger partial charge is 0.348 e. The summed E-state index contributed by atoms with van der Waals surface area (Å²) in [4.78, 5) is 37.8. The van der Waals surface area contributed by atoms with Crippen LogP contribution in [0.3, 0.4) is 0 Å². The summed E-state index contributed by atoms with van der Waals surface area (Å²) in [7, 11) is 0. The molecule has 7 nitrogen and oxygen atoms in total. The average Bonchev–Trinajstić information content (AvgIpc) is 3.00. The van der Waals surface area contributed by atoms with Crippen LogP contribution in [0.4, 0.5) is 4.79 Å². The van der Waals surface area contributed by atoms with Crippen LogP contribution < -0.4 is 16.4 Å². The number of imide groups is 1. The van der Waals surface area contributed by atoms with E-state index < -0.39 is 17.1 Å². The van der Waals surface area contributed by atoms with Crippen LogP contribution in [0.2, 0.25) is 0 Å². The fourth-order valence-corrected chi connectivity index (χ4v) is 3.07. The molecular weight excluding hydrogens is 284 g/mol. The topological polar surface area (TPSA) is 105 Å². The molecule has 0 aromatic carbocycles. The van der Waals surface area contributed by atoms with E-state index in [2.05, 4.69) is 10.6 Å². The minimum atomic E-state index is -0.771. The highest BCUT2D eigenvalue weighted by atomic mass is 16.2. The third kappa shape index (κ3) is 2.82. The lowest BCUT2D eigenvalue weighted by Gasteiger charge is -2.34. The van der Waals surface area contributed by atoms with E-state index in [1.165, 1.54) is 0 Å². The normalized spacial score (nSPS) is 23.0. The van der Waals surface area contributed by atoms with Gasteiger partial charge < -0.3 is 16.4 Å². The van der Waals surface area contributed by atoms with Gasteiger partial charge in [0, 0.05) is 6.54 Å². The molecule has 1 aliphatic carbocycles. The molecule has 0 radical (unpaired) electrons. The second-order valence-corrected chi connectivity index (χ2v) is 6.94. The molecule has 2 fully saturated rings. The number of amides is 4. The monoisotopic (exact) mass is 310 g/mol. The third-order valence-electron chi connectivity index (χ3n) is 5.13. The van der Waals surface area contributed by atoms with E-state index in [1.807, 2.05) is 20.8 Å². The van der Waals surface area contributed by atoms with E-state index in [0.29, 0.717) is 19.4 Å². The second-order valence-electron chi connectivity index (χ2n) is 6.94. The van der Waals surface area contributed by atoms with Crippen LogP contribution in [-0.4, -0.2) is 46.9 Å². The summed E-state index contributed by atoms with van der Waals surface area (Å²) in [5, 5.41) is 5.62. The van der Waals surface area contributed by atoms with Gasteiger partial charge in [0.05, 0.1) is 5.54 Å². The van der Waals surface area contributed by atoms with Gasteiger partial charge in [-0.25, -0.2) is 4.79 Å². The average molecular weight is 310 g/mol. The number of nitrogens with two attached hydrogens (primary N) is 1. The molecule has 124 valence electrons. The van der Waals surface area contributed by atoms with Gasteiger partial charge in [-0.15, -0.1) is 0 Å². The first kappa shape index (κ1) is 16.7. The van der Waals surface area contributed by atoms with Crippen molar-refractivity contribution in [2.45, 2.75) is 57.5 Å². The first-order valence-electron chi connectivity index (χ1n) is 7.89. The number of nitrogens with zero attached hydrogens (tertiary/aromatic N) is 1. The number of hydrogen-bond donors (Lipinski definition) is 3. The Morgan fingerprint density at radius 2 is 2.00 bits per heavy atom. The van der Waals surface area contributed by atoms with Crippen molar-refractivity contribution in [1.29, 1.82) is 0 Å². The van der Waals surface area contributed by atoms with Crippen LogP contribution in [0, 0.1) is 5.92 Å². The molecule has 1 spiro atoms. The van der Waals surface area contributed by atoms with E-state index in [0.717, 1.165) is 17.7 Å². The number of hydrogen-bond acceptors (Lipinski definition) is 4. The van der Waals surface area contributed by atoms with Crippen molar-refractivity contribution in [3.05, 3.63) is 0 Å². The Kier molecular flexibility index (Phi) is 4.47. The molecule has 1 heterocycles. The van der Waals surface area contributed by atoms with Crippen molar-refractivity contribution in [1.82, 2.24) is 15.5 Å². The maximum Gasteiger partial charge on any atom is 0.325 e. The minimum absolute atomic E-state index is 0.144. The quantitative estimate of drug-likeness (QED) is 0.637. The number of carbonyl (C=O) groups is 3. The molecule has 2 aliphatic rings. The predicted molar refractivity (Wildman–Crippen MR) is 81.9 cm³/mol. The Labute approximate surface area is 131 Å². The SMILES string of the molecule is CC(C)C(C)(CN)NC(=O)CN1C(=O)NC2(CCCC2)C1=O. The van der Waals surface area contributed by atoms with E-state index in [9.17, 15) is 14.4 Å². The first-order valence-corrected chi connectivity index (χ1v) is 7.89. The molecule has 4 amide bonds. The Hall–Kier alpha value is -1.63. The van der Waals surface area contributed by atoms with Crippen molar-refractivity contribution >= 4 is 17.8 Å². The predicted octanol–water partition coefficient (Wildman–Crippen LogP) is 0.341. The van der Waals surface area contributed by atoms with Gasteiger partial charge in [0.15, 0.2) is 0 Å². The van der Waals surface area contributed by atoms with Gasteiger partial charge in [-0.2, -0.15) is 0 Å². The van der Waals surface area contributed by atoms with Crippen LogP contribution in [0.15, 0.2) is 0 Å². The van der Waals surface area contributed by atoms with Crippen LogP contribution in [-0.2, 0) is 9.59 Å². The molecule has 1 saturated carbocycles. The number of rotatable bonds is 5. The van der Waals surface area contributed by atoms with Gasteiger partial charge in [0.1, 0.15) is 12.1 Å². The zero-order valence-corrected chi connectivity index (χ0v) is 13.6. The summed E-state index contributed by atoms with van der Waals surface area (Å²) < 4.78 is 0. The summed E-state index contributed by atoms with van der Waals surface area (Å²) in [5.74, 6) is -0.491. The minimum Gasteiger partial charge on any atom is -0.348 e. The standard InChI is InChI=1S/C15H26N4O3/c1-10(2)14(3,9-16)17-11(20)8-19-12(21)15(18-13(19)22)6-4-5-7-15/h10H,4-9,16H2,1-3H3,(H,17,20)(H,18,22). The lowest BCUT2D eigenvalue weighted by Crippen LogP contribution is -2.57. The van der Waals surface area contributed by atoms with Gasteiger partial charge in [-0.1, -0.05) is 26.7 Å². The Bertz CT molecular complexity index is 485. The highest BCUT2D eigenvalue weighted by Crippen LogP contribution is 2.34. The van der Waals surface area contributed by atoms with Gasteiger partial charge >= 0.3 is 6.03 Å². The first-order chi connectivity index (χ1) is 10.2. The zero-order valence-electron chi connectivity index (χ0n) is 13.6. The Morgan fingerprint density at radius 1 is 1.41 bits per heavy atom. The smallest absolute Gasteiger partial charge is 0.325 e. The molecule has 0 aromatic rings. The number of urea groups is 1. The van der Waals surface area contributed by atoms with Crippen molar-refractivity contribution in [3.8, 4) is 0 Å². The number of carbonyl (C=O) groups excluding carboxylic acids is 3.